The second-order valence-electron chi connectivity index (χ2n) is 3.95. The summed E-state index contributed by atoms with van der Waals surface area (Å²) in [5.74, 6) is -0.198. The van der Waals surface area contributed by atoms with E-state index < -0.39 is 5.97 Å². The van der Waals surface area contributed by atoms with E-state index in [0.29, 0.717) is 17.9 Å². The average Bonchev–Trinajstić information content (AvgIpc) is 2.80. The minimum atomic E-state index is -0.842. The number of para-hydroxylation sites is 2. The molecule has 18 heavy (non-hydrogen) atoms. The molecule has 3 aromatic rings. The molecule has 0 aliphatic carbocycles. The molecule has 0 saturated carbocycles. The summed E-state index contributed by atoms with van der Waals surface area (Å²) in [5.41, 5.74) is 2.36. The molecule has 0 saturated heterocycles. The minimum Gasteiger partial charge on any atom is -0.481 e. The van der Waals surface area contributed by atoms with Crippen LogP contribution in [0.2, 0.25) is 0 Å². The van der Waals surface area contributed by atoms with E-state index in [1.165, 1.54) is 0 Å². The maximum Gasteiger partial charge on any atom is 0.303 e. The van der Waals surface area contributed by atoms with Crippen molar-refractivity contribution < 1.29 is 9.90 Å². The number of carboxylic acid groups (broad SMARTS) is 1. The van der Waals surface area contributed by atoms with Crippen LogP contribution >= 0.6 is 0 Å². The van der Waals surface area contributed by atoms with Crippen LogP contribution in [0.15, 0.2) is 30.5 Å². The predicted octanol–water partition coefficient (Wildman–Crippen LogP) is 1.29. The molecule has 0 unspecified atom stereocenters. The Morgan fingerprint density at radius 1 is 1.28 bits per heavy atom. The number of aliphatic carboxylic acids is 1. The fourth-order valence-electron chi connectivity index (χ4n) is 1.95. The van der Waals surface area contributed by atoms with Gasteiger partial charge in [-0.3, -0.25) is 14.2 Å². The molecule has 2 heterocycles. The second-order valence-corrected chi connectivity index (χ2v) is 3.95. The van der Waals surface area contributed by atoms with Gasteiger partial charge in [-0.05, 0) is 12.1 Å². The number of aryl methyl sites for hydroxylation is 1. The van der Waals surface area contributed by atoms with Crippen molar-refractivity contribution in [3.05, 3.63) is 36.3 Å². The Hall–Kier alpha value is -2.50. The van der Waals surface area contributed by atoms with Crippen molar-refractivity contribution in [2.24, 2.45) is 0 Å². The lowest BCUT2D eigenvalue weighted by Gasteiger charge is -2.02. The Bertz CT molecular complexity index is 735. The van der Waals surface area contributed by atoms with Gasteiger partial charge in [0.05, 0.1) is 23.7 Å². The molecule has 1 N–H and O–H groups in total. The first kappa shape index (κ1) is 10.6. The lowest BCUT2D eigenvalue weighted by Crippen LogP contribution is -2.02. The summed E-state index contributed by atoms with van der Waals surface area (Å²) in [6, 6.07) is 7.63. The average molecular weight is 242 g/mol. The third-order valence-electron chi connectivity index (χ3n) is 2.76. The number of nitrogens with zero attached hydrogens (tertiary/aromatic N) is 4. The summed E-state index contributed by atoms with van der Waals surface area (Å²) in [6.45, 7) is 0. The Labute approximate surface area is 102 Å². The van der Waals surface area contributed by atoms with Gasteiger partial charge in [0.25, 0.3) is 0 Å². The van der Waals surface area contributed by atoms with Gasteiger partial charge in [0.15, 0.2) is 5.65 Å². The zero-order valence-electron chi connectivity index (χ0n) is 9.45. The van der Waals surface area contributed by atoms with E-state index in [1.54, 1.807) is 6.20 Å². The van der Waals surface area contributed by atoms with Crippen molar-refractivity contribution in [1.82, 2.24) is 19.6 Å². The molecule has 3 rings (SSSR count). The Balaban J connectivity index is 2.20. The third kappa shape index (κ3) is 1.67. The Morgan fingerprint density at radius 2 is 2.11 bits per heavy atom. The number of hydrogen-bond acceptors (Lipinski definition) is 4. The van der Waals surface area contributed by atoms with E-state index in [-0.39, 0.29) is 6.42 Å². The maximum absolute atomic E-state index is 10.6. The highest BCUT2D eigenvalue weighted by Gasteiger charge is 2.10. The molecule has 0 atom stereocenters. The zero-order chi connectivity index (χ0) is 12.5. The topological polar surface area (TPSA) is 80.4 Å². The number of fused-ring (bicyclic) bond motifs is 3. The lowest BCUT2D eigenvalue weighted by molar-refractivity contribution is -0.137. The van der Waals surface area contributed by atoms with E-state index in [2.05, 4.69) is 15.2 Å². The minimum absolute atomic E-state index is 0.0391. The molecule has 90 valence electrons. The largest absolute Gasteiger partial charge is 0.481 e. The first-order chi connectivity index (χ1) is 8.75. The number of hydrogen-bond donors (Lipinski definition) is 1. The quantitative estimate of drug-likeness (QED) is 0.748. The molecular weight excluding hydrogens is 232 g/mol. The van der Waals surface area contributed by atoms with Crippen LogP contribution in [0.5, 0.6) is 0 Å². The number of carbonyl (C=O) groups is 1. The zero-order valence-corrected chi connectivity index (χ0v) is 9.45. The van der Waals surface area contributed by atoms with Crippen LogP contribution in [-0.2, 0) is 11.2 Å². The van der Waals surface area contributed by atoms with Crippen molar-refractivity contribution in [3.8, 4) is 0 Å². The van der Waals surface area contributed by atoms with Gasteiger partial charge in [0.1, 0.15) is 5.82 Å². The molecule has 1 aromatic carbocycles. The van der Waals surface area contributed by atoms with Crippen LogP contribution in [0.25, 0.3) is 16.7 Å². The highest BCUT2D eigenvalue weighted by atomic mass is 16.4. The van der Waals surface area contributed by atoms with Crippen molar-refractivity contribution in [2.45, 2.75) is 12.8 Å². The van der Waals surface area contributed by atoms with Gasteiger partial charge in [0.2, 0.25) is 0 Å². The van der Waals surface area contributed by atoms with Gasteiger partial charge >= 0.3 is 5.97 Å². The monoisotopic (exact) mass is 242 g/mol. The van der Waals surface area contributed by atoms with Gasteiger partial charge in [-0.2, -0.15) is 0 Å². The number of rotatable bonds is 3. The van der Waals surface area contributed by atoms with Crippen molar-refractivity contribution >= 4 is 22.6 Å². The van der Waals surface area contributed by atoms with Gasteiger partial charge < -0.3 is 5.11 Å². The molecule has 0 amide bonds. The second kappa shape index (κ2) is 4.06. The van der Waals surface area contributed by atoms with E-state index in [9.17, 15) is 4.79 Å². The predicted molar refractivity (Wildman–Crippen MR) is 64.2 cm³/mol. The summed E-state index contributed by atoms with van der Waals surface area (Å²) in [7, 11) is 0. The number of carboxylic acids is 1. The first-order valence-corrected chi connectivity index (χ1v) is 5.55. The summed E-state index contributed by atoms with van der Waals surface area (Å²) in [5, 5.41) is 16.8. The molecule has 0 aliphatic rings. The van der Waals surface area contributed by atoms with Crippen LogP contribution in [0.3, 0.4) is 0 Å². The fourth-order valence-corrected chi connectivity index (χ4v) is 1.95. The van der Waals surface area contributed by atoms with Crippen LogP contribution < -0.4 is 0 Å². The summed E-state index contributed by atoms with van der Waals surface area (Å²) in [6.07, 6.45) is 2.03. The maximum atomic E-state index is 10.6. The van der Waals surface area contributed by atoms with E-state index in [1.807, 2.05) is 28.7 Å². The molecule has 0 spiro atoms. The van der Waals surface area contributed by atoms with E-state index in [0.717, 1.165) is 11.0 Å². The van der Waals surface area contributed by atoms with Crippen molar-refractivity contribution in [3.63, 3.8) is 0 Å². The van der Waals surface area contributed by atoms with Crippen molar-refractivity contribution in [2.75, 3.05) is 0 Å². The molecule has 0 bridgehead atoms. The SMILES string of the molecule is O=C(O)CCc1nnc2cnc3ccccc3n12. The van der Waals surface area contributed by atoms with Crippen LogP contribution in [0, 0.1) is 0 Å². The standard InChI is InChI=1S/C12H10N4O2/c17-12(18)6-5-10-14-15-11-7-13-8-3-1-2-4-9(8)16(10)11/h1-4,7H,5-6H2,(H,17,18). The fraction of sp³-hybridized carbons (Fsp3) is 0.167. The first-order valence-electron chi connectivity index (χ1n) is 5.55. The summed E-state index contributed by atoms with van der Waals surface area (Å²) >= 11 is 0. The van der Waals surface area contributed by atoms with Gasteiger partial charge in [0, 0.05) is 6.42 Å². The van der Waals surface area contributed by atoms with Crippen LogP contribution in [-0.4, -0.2) is 30.7 Å². The van der Waals surface area contributed by atoms with Crippen molar-refractivity contribution in [1.29, 1.82) is 0 Å². The third-order valence-corrected chi connectivity index (χ3v) is 2.76. The van der Waals surface area contributed by atoms with Gasteiger partial charge in [-0.25, -0.2) is 0 Å². The summed E-state index contributed by atoms with van der Waals surface area (Å²) in [4.78, 5) is 14.9. The smallest absolute Gasteiger partial charge is 0.303 e. The Kier molecular flexibility index (Phi) is 2.40. The highest BCUT2D eigenvalue weighted by molar-refractivity contribution is 5.77. The normalized spacial score (nSPS) is 11.1. The van der Waals surface area contributed by atoms with Gasteiger partial charge in [-0.1, -0.05) is 12.1 Å². The van der Waals surface area contributed by atoms with E-state index >= 15 is 0 Å². The van der Waals surface area contributed by atoms with Crippen LogP contribution in [0.4, 0.5) is 0 Å². The van der Waals surface area contributed by atoms with E-state index in [4.69, 9.17) is 5.11 Å². The number of benzene rings is 1. The molecule has 6 heteroatoms. The van der Waals surface area contributed by atoms with Crippen LogP contribution in [0.1, 0.15) is 12.2 Å². The summed E-state index contributed by atoms with van der Waals surface area (Å²) < 4.78 is 1.85. The molecule has 2 aromatic heterocycles. The highest BCUT2D eigenvalue weighted by Crippen LogP contribution is 2.15. The molecule has 0 aliphatic heterocycles. The van der Waals surface area contributed by atoms with Gasteiger partial charge in [-0.15, -0.1) is 10.2 Å². The molecule has 6 nitrogen and oxygen atoms in total. The Morgan fingerprint density at radius 3 is 2.94 bits per heavy atom. The lowest BCUT2D eigenvalue weighted by atomic mass is 10.2. The number of aromatic nitrogens is 4. The molecule has 0 fully saturated rings. The molecule has 0 radical (unpaired) electrons. The molecular formula is C12H10N4O2.